The van der Waals surface area contributed by atoms with E-state index in [1.807, 2.05) is 0 Å². The molecule has 1 N–H and O–H groups in total. The van der Waals surface area contributed by atoms with Crippen molar-refractivity contribution in [3.63, 3.8) is 0 Å². The average Bonchev–Trinajstić information content (AvgIpc) is 2.29. The molecule has 0 bridgehead atoms. The lowest BCUT2D eigenvalue weighted by molar-refractivity contribution is 0.178. The fourth-order valence-corrected chi connectivity index (χ4v) is 2.73. The van der Waals surface area contributed by atoms with E-state index in [9.17, 15) is 0 Å². The molecule has 1 saturated carbocycles. The fraction of sp³-hybridized carbons (Fsp3) is 0.625. The molecule has 1 aromatic rings. The monoisotopic (exact) mass is 325 g/mol. The topological polar surface area (TPSA) is 21.3 Å². The SMILES string of the molecule is CC(C)CNCc1cccc(Br)c1OCC1CCC1. The first-order chi connectivity index (χ1) is 9.16. The quantitative estimate of drug-likeness (QED) is 0.803. The molecule has 0 amide bonds. The number of halogens is 1. The highest BCUT2D eigenvalue weighted by Crippen LogP contribution is 2.32. The molecule has 0 heterocycles. The van der Waals surface area contributed by atoms with Gasteiger partial charge in [0.1, 0.15) is 5.75 Å². The molecule has 0 saturated heterocycles. The van der Waals surface area contributed by atoms with E-state index >= 15 is 0 Å². The number of hydrogen-bond donors (Lipinski definition) is 1. The lowest BCUT2D eigenvalue weighted by atomic mass is 9.86. The second-order valence-electron chi connectivity index (χ2n) is 5.86. The molecular formula is C16H24BrNO. The van der Waals surface area contributed by atoms with Crippen LogP contribution < -0.4 is 10.1 Å². The van der Waals surface area contributed by atoms with Gasteiger partial charge in [-0.3, -0.25) is 0 Å². The third kappa shape index (κ3) is 4.50. The van der Waals surface area contributed by atoms with Crippen LogP contribution in [0.25, 0.3) is 0 Å². The molecule has 0 atom stereocenters. The number of hydrogen-bond acceptors (Lipinski definition) is 2. The van der Waals surface area contributed by atoms with Crippen molar-refractivity contribution < 1.29 is 4.74 Å². The van der Waals surface area contributed by atoms with Crippen molar-refractivity contribution in [3.8, 4) is 5.75 Å². The largest absolute Gasteiger partial charge is 0.492 e. The third-order valence-electron chi connectivity index (χ3n) is 3.60. The first-order valence-corrected chi connectivity index (χ1v) is 8.07. The van der Waals surface area contributed by atoms with Gasteiger partial charge in [-0.2, -0.15) is 0 Å². The maximum atomic E-state index is 6.04. The summed E-state index contributed by atoms with van der Waals surface area (Å²) >= 11 is 3.61. The number of benzene rings is 1. The highest BCUT2D eigenvalue weighted by atomic mass is 79.9. The zero-order chi connectivity index (χ0) is 13.7. The van der Waals surface area contributed by atoms with Crippen molar-refractivity contribution >= 4 is 15.9 Å². The third-order valence-corrected chi connectivity index (χ3v) is 4.23. The lowest BCUT2D eigenvalue weighted by Crippen LogP contribution is -2.22. The van der Waals surface area contributed by atoms with Gasteiger partial charge in [-0.25, -0.2) is 0 Å². The number of rotatable bonds is 7. The van der Waals surface area contributed by atoms with Gasteiger partial charge >= 0.3 is 0 Å². The van der Waals surface area contributed by atoms with E-state index in [-0.39, 0.29) is 0 Å². The summed E-state index contributed by atoms with van der Waals surface area (Å²) in [7, 11) is 0. The zero-order valence-corrected chi connectivity index (χ0v) is 13.5. The van der Waals surface area contributed by atoms with Crippen LogP contribution in [-0.4, -0.2) is 13.2 Å². The number of nitrogens with one attached hydrogen (secondary N) is 1. The van der Waals surface area contributed by atoms with Gasteiger partial charge < -0.3 is 10.1 Å². The lowest BCUT2D eigenvalue weighted by Gasteiger charge is -2.26. The molecule has 1 aromatic carbocycles. The van der Waals surface area contributed by atoms with E-state index in [0.717, 1.165) is 35.8 Å². The van der Waals surface area contributed by atoms with Crippen LogP contribution in [0.1, 0.15) is 38.7 Å². The average molecular weight is 326 g/mol. The zero-order valence-electron chi connectivity index (χ0n) is 11.9. The van der Waals surface area contributed by atoms with Crippen LogP contribution in [0.3, 0.4) is 0 Å². The van der Waals surface area contributed by atoms with E-state index in [1.165, 1.54) is 24.8 Å². The van der Waals surface area contributed by atoms with Gasteiger partial charge in [-0.05, 0) is 53.2 Å². The van der Waals surface area contributed by atoms with E-state index in [0.29, 0.717) is 5.92 Å². The Hall–Kier alpha value is -0.540. The van der Waals surface area contributed by atoms with Crippen molar-refractivity contribution in [3.05, 3.63) is 28.2 Å². The molecule has 2 rings (SSSR count). The van der Waals surface area contributed by atoms with Crippen LogP contribution in [-0.2, 0) is 6.54 Å². The molecule has 0 radical (unpaired) electrons. The summed E-state index contributed by atoms with van der Waals surface area (Å²) in [5, 5.41) is 3.48. The molecule has 19 heavy (non-hydrogen) atoms. The molecule has 0 aliphatic heterocycles. The molecule has 1 fully saturated rings. The summed E-state index contributed by atoms with van der Waals surface area (Å²) in [6.07, 6.45) is 4.02. The number of para-hydroxylation sites is 1. The molecule has 1 aliphatic rings. The highest BCUT2D eigenvalue weighted by Gasteiger charge is 2.19. The molecule has 0 spiro atoms. The van der Waals surface area contributed by atoms with Crippen molar-refractivity contribution in [2.45, 2.75) is 39.7 Å². The minimum Gasteiger partial charge on any atom is -0.492 e. The summed E-state index contributed by atoms with van der Waals surface area (Å²) in [6.45, 7) is 7.22. The summed E-state index contributed by atoms with van der Waals surface area (Å²) in [5.41, 5.74) is 1.24. The minimum absolute atomic E-state index is 0.673. The van der Waals surface area contributed by atoms with Crippen molar-refractivity contribution in [2.75, 3.05) is 13.2 Å². The Morgan fingerprint density at radius 2 is 2.16 bits per heavy atom. The Morgan fingerprint density at radius 1 is 1.37 bits per heavy atom. The van der Waals surface area contributed by atoms with Gasteiger partial charge in [0.05, 0.1) is 11.1 Å². The summed E-state index contributed by atoms with van der Waals surface area (Å²) in [4.78, 5) is 0. The standard InChI is InChI=1S/C16H24BrNO/c1-12(2)9-18-10-14-7-4-8-15(17)16(14)19-11-13-5-3-6-13/h4,7-8,12-13,18H,3,5-6,9-11H2,1-2H3. The first kappa shape index (κ1) is 14.9. The Morgan fingerprint density at radius 3 is 2.79 bits per heavy atom. The molecule has 0 unspecified atom stereocenters. The molecular weight excluding hydrogens is 302 g/mol. The Kier molecular flexibility index (Phi) is 5.71. The molecule has 1 aliphatic carbocycles. The second kappa shape index (κ2) is 7.30. The summed E-state index contributed by atoms with van der Waals surface area (Å²) < 4.78 is 7.11. The van der Waals surface area contributed by atoms with Gasteiger partial charge in [0.15, 0.2) is 0 Å². The van der Waals surface area contributed by atoms with E-state index < -0.39 is 0 Å². The van der Waals surface area contributed by atoms with E-state index in [4.69, 9.17) is 4.74 Å². The van der Waals surface area contributed by atoms with E-state index in [1.54, 1.807) is 0 Å². The van der Waals surface area contributed by atoms with Gasteiger partial charge in [-0.1, -0.05) is 32.4 Å². The predicted octanol–water partition coefficient (Wildman–Crippen LogP) is 4.37. The molecule has 0 aromatic heterocycles. The van der Waals surface area contributed by atoms with Crippen molar-refractivity contribution in [1.29, 1.82) is 0 Å². The smallest absolute Gasteiger partial charge is 0.137 e. The van der Waals surface area contributed by atoms with Gasteiger partial charge in [0, 0.05) is 12.1 Å². The van der Waals surface area contributed by atoms with Crippen LogP contribution in [0.5, 0.6) is 5.75 Å². The minimum atomic E-state index is 0.673. The first-order valence-electron chi connectivity index (χ1n) is 7.27. The van der Waals surface area contributed by atoms with E-state index in [2.05, 4.69) is 53.3 Å². The Labute approximate surface area is 125 Å². The highest BCUT2D eigenvalue weighted by molar-refractivity contribution is 9.10. The second-order valence-corrected chi connectivity index (χ2v) is 6.72. The Balaban J connectivity index is 1.93. The maximum absolute atomic E-state index is 6.04. The van der Waals surface area contributed by atoms with Gasteiger partial charge in [0.2, 0.25) is 0 Å². The summed E-state index contributed by atoms with van der Waals surface area (Å²) in [5.74, 6) is 2.46. The van der Waals surface area contributed by atoms with Crippen LogP contribution in [0.4, 0.5) is 0 Å². The van der Waals surface area contributed by atoms with Crippen LogP contribution in [0, 0.1) is 11.8 Å². The summed E-state index contributed by atoms with van der Waals surface area (Å²) in [6, 6.07) is 6.28. The normalized spacial score (nSPS) is 15.6. The van der Waals surface area contributed by atoms with Gasteiger partial charge in [-0.15, -0.1) is 0 Å². The van der Waals surface area contributed by atoms with Crippen molar-refractivity contribution in [2.24, 2.45) is 11.8 Å². The van der Waals surface area contributed by atoms with Crippen LogP contribution in [0.2, 0.25) is 0 Å². The van der Waals surface area contributed by atoms with Crippen LogP contribution >= 0.6 is 15.9 Å². The fourth-order valence-electron chi connectivity index (χ4n) is 2.21. The van der Waals surface area contributed by atoms with Gasteiger partial charge in [0.25, 0.3) is 0 Å². The molecule has 2 nitrogen and oxygen atoms in total. The maximum Gasteiger partial charge on any atom is 0.137 e. The Bertz CT molecular complexity index is 402. The predicted molar refractivity (Wildman–Crippen MR) is 83.5 cm³/mol. The van der Waals surface area contributed by atoms with Crippen LogP contribution in [0.15, 0.2) is 22.7 Å². The molecule has 3 heteroatoms. The molecule has 106 valence electrons. The van der Waals surface area contributed by atoms with Crippen molar-refractivity contribution in [1.82, 2.24) is 5.32 Å². The number of ether oxygens (including phenoxy) is 1.